The van der Waals surface area contributed by atoms with Crippen LogP contribution in [-0.4, -0.2) is 28.7 Å². The first-order valence-corrected chi connectivity index (χ1v) is 9.54. The summed E-state index contributed by atoms with van der Waals surface area (Å²) in [6, 6.07) is 4.36. The maximum absolute atomic E-state index is 13.8. The minimum absolute atomic E-state index is 0.111. The summed E-state index contributed by atoms with van der Waals surface area (Å²) < 4.78 is 13.8. The normalized spacial score (nSPS) is 12.3. The third-order valence-electron chi connectivity index (χ3n) is 3.95. The van der Waals surface area contributed by atoms with Crippen LogP contribution in [0.1, 0.15) is 33.6 Å². The monoisotopic (exact) mass is 406 g/mol. The van der Waals surface area contributed by atoms with Crippen LogP contribution in [0.4, 0.5) is 15.2 Å². The highest BCUT2D eigenvalue weighted by atomic mass is 32.1. The van der Waals surface area contributed by atoms with Crippen LogP contribution in [0, 0.1) is 11.2 Å². The second kappa shape index (κ2) is 8.92. The van der Waals surface area contributed by atoms with Crippen molar-refractivity contribution in [2.75, 3.05) is 10.2 Å². The number of nitrogens with two attached hydrogens (primary N) is 1. The Morgan fingerprint density at radius 3 is 2.54 bits per heavy atom. The van der Waals surface area contributed by atoms with Gasteiger partial charge in [-0.15, -0.1) is 11.3 Å². The minimum atomic E-state index is -1.01. The molecule has 0 spiro atoms. The molecule has 0 bridgehead atoms. The maximum Gasteiger partial charge on any atom is 0.241 e. The first-order chi connectivity index (χ1) is 13.1. The summed E-state index contributed by atoms with van der Waals surface area (Å²) in [5.41, 5.74) is 5.09. The Morgan fingerprint density at radius 2 is 2.00 bits per heavy atom. The largest absolute Gasteiger partial charge is 0.368 e. The second-order valence-corrected chi connectivity index (χ2v) is 8.19. The molecule has 1 aromatic carbocycles. The average molecular weight is 406 g/mol. The van der Waals surface area contributed by atoms with Gasteiger partial charge in [0.2, 0.25) is 17.7 Å². The number of halogens is 1. The Morgan fingerprint density at radius 1 is 1.29 bits per heavy atom. The number of hydrogen-bond acceptors (Lipinski definition) is 5. The van der Waals surface area contributed by atoms with Crippen molar-refractivity contribution in [3.8, 4) is 0 Å². The number of benzene rings is 1. The first kappa shape index (κ1) is 21.5. The van der Waals surface area contributed by atoms with Gasteiger partial charge < -0.3 is 11.1 Å². The third kappa shape index (κ3) is 5.59. The number of primary amides is 1. The molecule has 0 aliphatic rings. The van der Waals surface area contributed by atoms with Crippen LogP contribution < -0.4 is 16.0 Å². The zero-order valence-corrected chi connectivity index (χ0v) is 16.8. The number of amides is 3. The Balaban J connectivity index is 2.23. The summed E-state index contributed by atoms with van der Waals surface area (Å²) in [6.45, 7) is 5.28. The highest BCUT2D eigenvalue weighted by molar-refractivity contribution is 7.13. The molecule has 28 heavy (non-hydrogen) atoms. The lowest BCUT2D eigenvalue weighted by atomic mass is 9.84. The summed E-state index contributed by atoms with van der Waals surface area (Å²) in [6.07, 6.45) is 1.27. The number of thiazole rings is 1. The van der Waals surface area contributed by atoms with Crippen molar-refractivity contribution in [1.82, 2.24) is 4.98 Å². The molecule has 0 aliphatic heterocycles. The number of rotatable bonds is 7. The molecule has 1 unspecified atom stereocenters. The van der Waals surface area contributed by atoms with Crippen molar-refractivity contribution >= 4 is 39.9 Å². The van der Waals surface area contributed by atoms with E-state index in [1.807, 2.05) is 0 Å². The van der Waals surface area contributed by atoms with Gasteiger partial charge in [-0.3, -0.25) is 19.3 Å². The van der Waals surface area contributed by atoms with E-state index in [2.05, 4.69) is 10.3 Å². The van der Waals surface area contributed by atoms with Gasteiger partial charge in [-0.1, -0.05) is 26.8 Å². The smallest absolute Gasteiger partial charge is 0.241 e. The number of nitrogens with zero attached hydrogens (tertiary/aromatic N) is 2. The Bertz CT molecular complexity index is 849. The molecule has 3 amide bonds. The number of aromatic nitrogens is 1. The first-order valence-electron chi connectivity index (χ1n) is 8.66. The summed E-state index contributed by atoms with van der Waals surface area (Å²) in [7, 11) is 0. The fraction of sp³-hybridized carbons (Fsp3) is 0.368. The zero-order chi connectivity index (χ0) is 20.9. The van der Waals surface area contributed by atoms with Gasteiger partial charge >= 0.3 is 0 Å². The van der Waals surface area contributed by atoms with E-state index in [0.717, 1.165) is 6.07 Å². The number of anilines is 2. The minimum Gasteiger partial charge on any atom is -0.368 e. The summed E-state index contributed by atoms with van der Waals surface area (Å²) in [5.74, 6) is -2.14. The maximum atomic E-state index is 13.8. The SMILES string of the molecule is CC(C)(C)C(C(N)=O)N(C(=O)CCC(=O)Nc1nccs1)c1cccc(F)c1. The van der Waals surface area contributed by atoms with Crippen molar-refractivity contribution in [3.05, 3.63) is 41.7 Å². The predicted molar refractivity (Wildman–Crippen MR) is 106 cm³/mol. The van der Waals surface area contributed by atoms with Crippen LogP contribution in [-0.2, 0) is 14.4 Å². The van der Waals surface area contributed by atoms with Gasteiger partial charge in [-0.2, -0.15) is 0 Å². The van der Waals surface area contributed by atoms with E-state index in [9.17, 15) is 18.8 Å². The van der Waals surface area contributed by atoms with Crippen LogP contribution >= 0.6 is 11.3 Å². The molecule has 1 heterocycles. The molecule has 150 valence electrons. The molecule has 1 aromatic heterocycles. The van der Waals surface area contributed by atoms with E-state index in [4.69, 9.17) is 5.73 Å². The van der Waals surface area contributed by atoms with E-state index < -0.39 is 29.1 Å². The Labute approximate surface area is 166 Å². The van der Waals surface area contributed by atoms with E-state index in [1.165, 1.54) is 34.4 Å². The number of hydrogen-bond donors (Lipinski definition) is 2. The average Bonchev–Trinajstić information content (AvgIpc) is 3.08. The van der Waals surface area contributed by atoms with Crippen LogP contribution in [0.5, 0.6) is 0 Å². The quantitative estimate of drug-likeness (QED) is 0.737. The molecule has 0 radical (unpaired) electrons. The van der Waals surface area contributed by atoms with Crippen LogP contribution in [0.3, 0.4) is 0 Å². The summed E-state index contributed by atoms with van der Waals surface area (Å²) in [4.78, 5) is 42.3. The molecular weight excluding hydrogens is 383 g/mol. The summed E-state index contributed by atoms with van der Waals surface area (Å²) in [5, 5.41) is 4.74. The van der Waals surface area contributed by atoms with Crippen molar-refractivity contribution in [3.63, 3.8) is 0 Å². The van der Waals surface area contributed by atoms with Gasteiger partial charge in [-0.25, -0.2) is 9.37 Å². The third-order valence-corrected chi connectivity index (χ3v) is 4.64. The van der Waals surface area contributed by atoms with E-state index in [0.29, 0.717) is 5.13 Å². The van der Waals surface area contributed by atoms with Crippen LogP contribution in [0.2, 0.25) is 0 Å². The Hall–Kier alpha value is -2.81. The van der Waals surface area contributed by atoms with E-state index in [-0.39, 0.29) is 24.4 Å². The van der Waals surface area contributed by atoms with E-state index in [1.54, 1.807) is 32.3 Å². The van der Waals surface area contributed by atoms with Crippen molar-refractivity contribution in [2.24, 2.45) is 11.1 Å². The molecule has 0 saturated carbocycles. The van der Waals surface area contributed by atoms with Crippen molar-refractivity contribution < 1.29 is 18.8 Å². The van der Waals surface area contributed by atoms with Gasteiger partial charge in [0.1, 0.15) is 11.9 Å². The van der Waals surface area contributed by atoms with Crippen molar-refractivity contribution in [1.29, 1.82) is 0 Å². The molecule has 0 saturated heterocycles. The van der Waals surface area contributed by atoms with E-state index >= 15 is 0 Å². The predicted octanol–water partition coefficient (Wildman–Crippen LogP) is 2.93. The molecule has 0 fully saturated rings. The lowest BCUT2D eigenvalue weighted by Crippen LogP contribution is -2.55. The molecule has 9 heteroatoms. The second-order valence-electron chi connectivity index (χ2n) is 7.30. The topological polar surface area (TPSA) is 105 Å². The molecule has 2 rings (SSSR count). The standard InChI is InChI=1S/C19H23FN4O3S/c1-19(2,3)16(17(21)27)24(13-6-4-5-12(20)11-13)15(26)8-7-14(25)23-18-22-9-10-28-18/h4-6,9-11,16H,7-8H2,1-3H3,(H2,21,27)(H,22,23,25). The Kier molecular flexibility index (Phi) is 6.85. The van der Waals surface area contributed by atoms with Crippen LogP contribution in [0.15, 0.2) is 35.8 Å². The molecule has 0 aliphatic carbocycles. The molecule has 2 aromatic rings. The molecule has 1 atom stereocenters. The van der Waals surface area contributed by atoms with Gasteiger partial charge in [0.05, 0.1) is 0 Å². The molecule has 3 N–H and O–H groups in total. The fourth-order valence-electron chi connectivity index (χ4n) is 2.81. The molecule has 7 nitrogen and oxygen atoms in total. The lowest BCUT2D eigenvalue weighted by Gasteiger charge is -2.38. The van der Waals surface area contributed by atoms with Gasteiger partial charge in [0.25, 0.3) is 0 Å². The highest BCUT2D eigenvalue weighted by Crippen LogP contribution is 2.30. The van der Waals surface area contributed by atoms with Crippen molar-refractivity contribution in [2.45, 2.75) is 39.7 Å². The zero-order valence-electron chi connectivity index (χ0n) is 15.9. The number of nitrogens with one attached hydrogen (secondary N) is 1. The molecular formula is C19H23FN4O3S. The fourth-order valence-corrected chi connectivity index (χ4v) is 3.36. The van der Waals surface area contributed by atoms with Gasteiger partial charge in [-0.05, 0) is 23.6 Å². The lowest BCUT2D eigenvalue weighted by molar-refractivity contribution is -0.127. The summed E-state index contributed by atoms with van der Waals surface area (Å²) >= 11 is 1.26. The number of carbonyl (C=O) groups is 3. The number of carbonyl (C=O) groups excluding carboxylic acids is 3. The highest BCUT2D eigenvalue weighted by Gasteiger charge is 2.38. The van der Waals surface area contributed by atoms with Gasteiger partial charge in [0.15, 0.2) is 5.13 Å². The van der Waals surface area contributed by atoms with Gasteiger partial charge in [0, 0.05) is 30.1 Å². The van der Waals surface area contributed by atoms with Crippen LogP contribution in [0.25, 0.3) is 0 Å².